The van der Waals surface area contributed by atoms with Gasteiger partial charge in [-0.15, -0.1) is 0 Å². The molecule has 22 heavy (non-hydrogen) atoms. The topological polar surface area (TPSA) is 106 Å². The quantitative estimate of drug-likeness (QED) is 0.346. The molecular formula is C15H13N3O4. The van der Waals surface area contributed by atoms with Crippen molar-refractivity contribution in [3.8, 4) is 11.5 Å². The molecule has 0 bridgehead atoms. The Kier molecular flexibility index (Phi) is 3.53. The zero-order valence-corrected chi connectivity index (χ0v) is 11.4. The normalized spacial score (nSPS) is 13.0. The second kappa shape index (κ2) is 5.65. The lowest BCUT2D eigenvalue weighted by Gasteiger charge is -2.07. The molecular weight excluding hydrogens is 286 g/mol. The molecule has 1 amide bonds. The molecule has 0 aliphatic carbocycles. The van der Waals surface area contributed by atoms with Crippen LogP contribution in [0.25, 0.3) is 0 Å². The van der Waals surface area contributed by atoms with Crippen molar-refractivity contribution in [1.29, 1.82) is 0 Å². The fourth-order valence-electron chi connectivity index (χ4n) is 2.02. The molecule has 0 saturated carbocycles. The average Bonchev–Trinajstić information content (AvgIpc) is 3.02. The summed E-state index contributed by atoms with van der Waals surface area (Å²) in [6, 6.07) is 11.6. The van der Waals surface area contributed by atoms with Gasteiger partial charge in [0.25, 0.3) is 5.91 Å². The molecule has 0 radical (unpaired) electrons. The molecule has 1 aliphatic rings. The highest BCUT2D eigenvalue weighted by molar-refractivity contribution is 6.05. The van der Waals surface area contributed by atoms with Gasteiger partial charge in [0.15, 0.2) is 17.3 Å². The molecule has 7 heteroatoms. The number of oxime groups is 1. The highest BCUT2D eigenvalue weighted by Crippen LogP contribution is 2.32. The summed E-state index contributed by atoms with van der Waals surface area (Å²) in [7, 11) is 0. The zero-order valence-electron chi connectivity index (χ0n) is 11.4. The van der Waals surface area contributed by atoms with E-state index >= 15 is 0 Å². The largest absolute Gasteiger partial charge is 0.454 e. The first kappa shape index (κ1) is 13.7. The van der Waals surface area contributed by atoms with Crippen LogP contribution in [0.15, 0.2) is 47.6 Å². The second-order valence-electron chi connectivity index (χ2n) is 4.58. The summed E-state index contributed by atoms with van der Waals surface area (Å²) < 4.78 is 10.4. The number of fused-ring (bicyclic) bond motifs is 1. The maximum atomic E-state index is 12.2. The van der Waals surface area contributed by atoms with Gasteiger partial charge in [-0.25, -0.2) is 0 Å². The molecule has 3 rings (SSSR count). The number of nitrogens with zero attached hydrogens (tertiary/aromatic N) is 1. The highest BCUT2D eigenvalue weighted by atomic mass is 16.7. The lowest BCUT2D eigenvalue weighted by Crippen LogP contribution is -2.14. The van der Waals surface area contributed by atoms with Crippen LogP contribution in [0.1, 0.15) is 15.9 Å². The SMILES string of the molecule is N/C(=N/O)c1ccc(NC(=O)c2ccc3c(c2)OCO3)cc1. The van der Waals surface area contributed by atoms with Gasteiger partial charge >= 0.3 is 0 Å². The van der Waals surface area contributed by atoms with Crippen LogP contribution in [0, 0.1) is 0 Å². The minimum Gasteiger partial charge on any atom is -0.454 e. The van der Waals surface area contributed by atoms with Crippen molar-refractivity contribution in [2.45, 2.75) is 0 Å². The first-order valence-corrected chi connectivity index (χ1v) is 6.46. The Labute approximate surface area is 125 Å². The maximum absolute atomic E-state index is 12.2. The fourth-order valence-corrected chi connectivity index (χ4v) is 2.02. The molecule has 112 valence electrons. The molecule has 0 spiro atoms. The average molecular weight is 299 g/mol. The van der Waals surface area contributed by atoms with Gasteiger partial charge in [-0.05, 0) is 42.5 Å². The molecule has 2 aromatic rings. The number of carbonyl (C=O) groups is 1. The van der Waals surface area contributed by atoms with E-state index < -0.39 is 0 Å². The molecule has 1 heterocycles. The number of hydrogen-bond acceptors (Lipinski definition) is 5. The van der Waals surface area contributed by atoms with Crippen LogP contribution in [0.2, 0.25) is 0 Å². The number of nitrogens with two attached hydrogens (primary N) is 1. The van der Waals surface area contributed by atoms with Crippen molar-refractivity contribution in [3.63, 3.8) is 0 Å². The summed E-state index contributed by atoms with van der Waals surface area (Å²) in [6.07, 6.45) is 0. The van der Waals surface area contributed by atoms with Crippen LogP contribution in [-0.2, 0) is 0 Å². The Hall–Kier alpha value is -3.22. The highest BCUT2D eigenvalue weighted by Gasteiger charge is 2.16. The maximum Gasteiger partial charge on any atom is 0.255 e. The van der Waals surface area contributed by atoms with Crippen molar-refractivity contribution >= 4 is 17.4 Å². The summed E-state index contributed by atoms with van der Waals surface area (Å²) >= 11 is 0. The lowest BCUT2D eigenvalue weighted by molar-refractivity contribution is 0.102. The molecule has 7 nitrogen and oxygen atoms in total. The van der Waals surface area contributed by atoms with E-state index in [0.29, 0.717) is 28.3 Å². The minimum atomic E-state index is -0.269. The van der Waals surface area contributed by atoms with Gasteiger partial charge < -0.3 is 25.7 Å². The van der Waals surface area contributed by atoms with Crippen LogP contribution >= 0.6 is 0 Å². The molecule has 0 fully saturated rings. The zero-order chi connectivity index (χ0) is 15.5. The smallest absolute Gasteiger partial charge is 0.255 e. The number of rotatable bonds is 3. The summed E-state index contributed by atoms with van der Waals surface area (Å²) in [5.41, 5.74) is 7.09. The molecule has 2 aromatic carbocycles. The van der Waals surface area contributed by atoms with Crippen molar-refractivity contribution in [2.24, 2.45) is 10.9 Å². The van der Waals surface area contributed by atoms with E-state index in [1.54, 1.807) is 42.5 Å². The molecule has 1 aliphatic heterocycles. The van der Waals surface area contributed by atoms with Crippen molar-refractivity contribution in [3.05, 3.63) is 53.6 Å². The Bertz CT molecular complexity index is 741. The van der Waals surface area contributed by atoms with Gasteiger partial charge in [0.1, 0.15) is 0 Å². The van der Waals surface area contributed by atoms with E-state index in [0.717, 1.165) is 0 Å². The Morgan fingerprint density at radius 2 is 1.77 bits per heavy atom. The number of carbonyl (C=O) groups excluding carboxylic acids is 1. The Morgan fingerprint density at radius 1 is 1.09 bits per heavy atom. The number of hydrogen-bond donors (Lipinski definition) is 3. The lowest BCUT2D eigenvalue weighted by atomic mass is 10.1. The number of amides is 1. The summed E-state index contributed by atoms with van der Waals surface area (Å²) in [5, 5.41) is 14.3. The van der Waals surface area contributed by atoms with Gasteiger partial charge in [-0.3, -0.25) is 4.79 Å². The van der Waals surface area contributed by atoms with E-state index in [4.69, 9.17) is 20.4 Å². The van der Waals surface area contributed by atoms with Crippen molar-refractivity contribution in [2.75, 3.05) is 12.1 Å². The van der Waals surface area contributed by atoms with Crippen LogP contribution in [0.4, 0.5) is 5.69 Å². The van der Waals surface area contributed by atoms with Crippen LogP contribution < -0.4 is 20.5 Å². The molecule has 0 saturated heterocycles. The molecule has 0 aromatic heterocycles. The van der Waals surface area contributed by atoms with E-state index in [9.17, 15) is 4.79 Å². The number of amidine groups is 1. The van der Waals surface area contributed by atoms with Crippen molar-refractivity contribution < 1.29 is 19.5 Å². The Balaban J connectivity index is 1.74. The van der Waals surface area contributed by atoms with Gasteiger partial charge in [0.05, 0.1) is 0 Å². The third-order valence-electron chi connectivity index (χ3n) is 3.18. The minimum absolute atomic E-state index is 0.00801. The van der Waals surface area contributed by atoms with Crippen LogP contribution in [0.5, 0.6) is 11.5 Å². The van der Waals surface area contributed by atoms with Gasteiger partial charge in [-0.2, -0.15) is 0 Å². The first-order chi connectivity index (χ1) is 10.7. The van der Waals surface area contributed by atoms with E-state index in [1.807, 2.05) is 0 Å². The summed E-state index contributed by atoms with van der Waals surface area (Å²) in [5.74, 6) is 0.915. The number of anilines is 1. The Morgan fingerprint density at radius 3 is 2.50 bits per heavy atom. The predicted octanol–water partition coefficient (Wildman–Crippen LogP) is 1.76. The molecule has 0 atom stereocenters. The predicted molar refractivity (Wildman–Crippen MR) is 79.5 cm³/mol. The van der Waals surface area contributed by atoms with E-state index in [1.165, 1.54) is 0 Å². The van der Waals surface area contributed by atoms with E-state index in [2.05, 4.69) is 10.5 Å². The van der Waals surface area contributed by atoms with E-state index in [-0.39, 0.29) is 18.5 Å². The van der Waals surface area contributed by atoms with Crippen LogP contribution in [-0.4, -0.2) is 23.7 Å². The van der Waals surface area contributed by atoms with Gasteiger partial charge in [0, 0.05) is 16.8 Å². The molecule has 4 N–H and O–H groups in total. The second-order valence-corrected chi connectivity index (χ2v) is 4.58. The monoisotopic (exact) mass is 299 g/mol. The first-order valence-electron chi connectivity index (χ1n) is 6.46. The molecule has 0 unspecified atom stereocenters. The standard InChI is InChI=1S/C15H13N3O4/c16-14(18-20)9-1-4-11(5-2-9)17-15(19)10-3-6-12-13(7-10)22-8-21-12/h1-7,20H,8H2,(H2,16,18)(H,17,19). The number of nitrogens with one attached hydrogen (secondary N) is 1. The fraction of sp³-hybridized carbons (Fsp3) is 0.0667. The van der Waals surface area contributed by atoms with Crippen molar-refractivity contribution in [1.82, 2.24) is 0 Å². The third-order valence-corrected chi connectivity index (χ3v) is 3.18. The number of benzene rings is 2. The summed E-state index contributed by atoms with van der Waals surface area (Å²) in [6.45, 7) is 0.162. The summed E-state index contributed by atoms with van der Waals surface area (Å²) in [4.78, 5) is 12.2. The van der Waals surface area contributed by atoms with Gasteiger partial charge in [-0.1, -0.05) is 5.16 Å². The van der Waals surface area contributed by atoms with Crippen LogP contribution in [0.3, 0.4) is 0 Å². The number of ether oxygens (including phenoxy) is 2. The third kappa shape index (κ3) is 2.64. The van der Waals surface area contributed by atoms with Gasteiger partial charge in [0.2, 0.25) is 6.79 Å².